The molecule has 20 heavy (non-hydrogen) atoms. The molecule has 2 unspecified atom stereocenters. The number of anilines is 2. The fourth-order valence-electron chi connectivity index (χ4n) is 3.24. The van der Waals surface area contributed by atoms with Crippen LogP contribution in [0.5, 0.6) is 0 Å². The number of fused-ring (bicyclic) bond motifs is 1. The van der Waals surface area contributed by atoms with Crippen LogP contribution in [0.1, 0.15) is 43.0 Å². The van der Waals surface area contributed by atoms with Gasteiger partial charge in [0.15, 0.2) is 0 Å². The molecule has 2 atom stereocenters. The maximum Gasteiger partial charge on any atom is 0.253 e. The first kappa shape index (κ1) is 13.3. The van der Waals surface area contributed by atoms with E-state index in [1.807, 2.05) is 18.2 Å². The molecule has 1 aromatic rings. The number of nitrogens with one attached hydrogen (secondary N) is 3. The molecule has 1 aliphatic carbocycles. The van der Waals surface area contributed by atoms with Crippen molar-refractivity contribution in [3.05, 3.63) is 23.8 Å². The van der Waals surface area contributed by atoms with Crippen molar-refractivity contribution in [3.63, 3.8) is 0 Å². The van der Waals surface area contributed by atoms with E-state index in [-0.39, 0.29) is 5.91 Å². The lowest BCUT2D eigenvalue weighted by atomic mass is 9.86. The molecule has 0 saturated heterocycles. The zero-order chi connectivity index (χ0) is 13.9. The van der Waals surface area contributed by atoms with Crippen LogP contribution in [0.4, 0.5) is 11.4 Å². The van der Waals surface area contributed by atoms with Gasteiger partial charge < -0.3 is 16.0 Å². The van der Waals surface area contributed by atoms with Gasteiger partial charge in [-0.15, -0.1) is 0 Å². The number of benzene rings is 1. The van der Waals surface area contributed by atoms with Crippen molar-refractivity contribution in [1.82, 2.24) is 5.32 Å². The van der Waals surface area contributed by atoms with Gasteiger partial charge in [0, 0.05) is 19.1 Å². The molecule has 1 heterocycles. The van der Waals surface area contributed by atoms with E-state index in [2.05, 4.69) is 22.9 Å². The Kier molecular flexibility index (Phi) is 3.81. The normalized spacial score (nSPS) is 25.1. The van der Waals surface area contributed by atoms with Crippen molar-refractivity contribution >= 4 is 17.3 Å². The van der Waals surface area contributed by atoms with Gasteiger partial charge in [-0.3, -0.25) is 4.79 Å². The molecule has 1 saturated carbocycles. The van der Waals surface area contributed by atoms with Crippen LogP contribution in [-0.4, -0.2) is 25.0 Å². The van der Waals surface area contributed by atoms with E-state index in [1.54, 1.807) is 0 Å². The van der Waals surface area contributed by atoms with Gasteiger partial charge in [0.25, 0.3) is 5.91 Å². The van der Waals surface area contributed by atoms with E-state index in [1.165, 1.54) is 19.3 Å². The average Bonchev–Trinajstić information content (AvgIpc) is 2.49. The second kappa shape index (κ2) is 5.73. The molecule has 4 heteroatoms. The lowest BCUT2D eigenvalue weighted by molar-refractivity contribution is 0.0911. The molecule has 0 spiro atoms. The Hall–Kier alpha value is -1.71. The van der Waals surface area contributed by atoms with Crippen LogP contribution >= 0.6 is 0 Å². The lowest BCUT2D eigenvalue weighted by Gasteiger charge is -2.30. The van der Waals surface area contributed by atoms with Crippen LogP contribution in [0, 0.1) is 5.92 Å². The molecule has 1 aromatic carbocycles. The van der Waals surface area contributed by atoms with Crippen molar-refractivity contribution in [3.8, 4) is 0 Å². The maximum absolute atomic E-state index is 12.6. The van der Waals surface area contributed by atoms with Crippen LogP contribution in [0.2, 0.25) is 0 Å². The summed E-state index contributed by atoms with van der Waals surface area (Å²) >= 11 is 0. The summed E-state index contributed by atoms with van der Waals surface area (Å²) in [6.07, 6.45) is 4.84. The van der Waals surface area contributed by atoms with Gasteiger partial charge >= 0.3 is 0 Å². The van der Waals surface area contributed by atoms with Crippen LogP contribution < -0.4 is 16.0 Å². The molecule has 108 valence electrons. The van der Waals surface area contributed by atoms with Crippen LogP contribution in [-0.2, 0) is 0 Å². The Bertz CT molecular complexity index is 500. The minimum absolute atomic E-state index is 0.0526. The number of rotatable bonds is 2. The van der Waals surface area contributed by atoms with E-state index >= 15 is 0 Å². The van der Waals surface area contributed by atoms with Crippen molar-refractivity contribution in [2.24, 2.45) is 5.92 Å². The number of carbonyl (C=O) groups excluding carboxylic acids is 1. The maximum atomic E-state index is 12.6. The third kappa shape index (κ3) is 2.60. The van der Waals surface area contributed by atoms with Gasteiger partial charge in [-0.1, -0.05) is 25.8 Å². The summed E-state index contributed by atoms with van der Waals surface area (Å²) in [5.74, 6) is 0.634. The molecule has 0 bridgehead atoms. The molecule has 1 amide bonds. The third-order valence-electron chi connectivity index (χ3n) is 4.48. The van der Waals surface area contributed by atoms with Crippen molar-refractivity contribution in [1.29, 1.82) is 0 Å². The average molecular weight is 273 g/mol. The fourth-order valence-corrected chi connectivity index (χ4v) is 3.24. The number of hydrogen-bond acceptors (Lipinski definition) is 3. The molecule has 0 radical (unpaired) electrons. The van der Waals surface area contributed by atoms with Crippen LogP contribution in [0.3, 0.4) is 0 Å². The first-order chi connectivity index (χ1) is 9.75. The Balaban J connectivity index is 1.77. The lowest BCUT2D eigenvalue weighted by Crippen LogP contribution is -2.41. The molecular formula is C16H23N3O. The number of para-hydroxylation sites is 1. The fraction of sp³-hybridized carbons (Fsp3) is 0.562. The Labute approximate surface area is 120 Å². The van der Waals surface area contributed by atoms with E-state index in [9.17, 15) is 4.79 Å². The predicted molar refractivity (Wildman–Crippen MR) is 82.3 cm³/mol. The van der Waals surface area contributed by atoms with Gasteiger partial charge in [-0.05, 0) is 30.9 Å². The standard InChI is InChI=1S/C16H23N3O/c1-11-5-2-3-7-13(11)19-16(20)12-6-4-8-14-15(12)18-10-9-17-14/h4,6,8,11,13,17-18H,2-3,5,7,9-10H2,1H3,(H,19,20). The van der Waals surface area contributed by atoms with Gasteiger partial charge in [-0.2, -0.15) is 0 Å². The van der Waals surface area contributed by atoms with Crippen LogP contribution in [0.25, 0.3) is 0 Å². The first-order valence-corrected chi connectivity index (χ1v) is 7.67. The number of carbonyl (C=O) groups is 1. The molecule has 0 aromatic heterocycles. The summed E-state index contributed by atoms with van der Waals surface area (Å²) in [4.78, 5) is 12.6. The quantitative estimate of drug-likeness (QED) is 0.776. The Morgan fingerprint density at radius 2 is 2.00 bits per heavy atom. The van der Waals surface area contributed by atoms with Crippen molar-refractivity contribution in [2.45, 2.75) is 38.6 Å². The Morgan fingerprint density at radius 1 is 1.20 bits per heavy atom. The Morgan fingerprint density at radius 3 is 2.85 bits per heavy atom. The first-order valence-electron chi connectivity index (χ1n) is 7.67. The minimum atomic E-state index is 0.0526. The van der Waals surface area contributed by atoms with Gasteiger partial charge in [0.1, 0.15) is 0 Å². The zero-order valence-electron chi connectivity index (χ0n) is 12.0. The summed E-state index contributed by atoms with van der Waals surface area (Å²) in [6.45, 7) is 4.00. The second-order valence-corrected chi connectivity index (χ2v) is 5.92. The highest BCUT2D eigenvalue weighted by Crippen LogP contribution is 2.29. The molecule has 1 aliphatic heterocycles. The number of hydrogen-bond donors (Lipinski definition) is 3. The van der Waals surface area contributed by atoms with E-state index in [4.69, 9.17) is 0 Å². The molecule has 1 fully saturated rings. The molecular weight excluding hydrogens is 250 g/mol. The molecule has 4 nitrogen and oxygen atoms in total. The van der Waals surface area contributed by atoms with Gasteiger partial charge in [0.05, 0.1) is 16.9 Å². The summed E-state index contributed by atoms with van der Waals surface area (Å²) in [6, 6.07) is 6.19. The highest BCUT2D eigenvalue weighted by atomic mass is 16.1. The second-order valence-electron chi connectivity index (χ2n) is 5.92. The monoisotopic (exact) mass is 273 g/mol. The zero-order valence-corrected chi connectivity index (χ0v) is 12.0. The number of amides is 1. The summed E-state index contributed by atoms with van der Waals surface area (Å²) in [7, 11) is 0. The van der Waals surface area contributed by atoms with E-state index in [0.29, 0.717) is 12.0 Å². The van der Waals surface area contributed by atoms with Crippen molar-refractivity contribution < 1.29 is 4.79 Å². The topological polar surface area (TPSA) is 53.2 Å². The SMILES string of the molecule is CC1CCCCC1NC(=O)c1cccc2c1NCCN2. The predicted octanol–water partition coefficient (Wildman–Crippen LogP) is 2.83. The van der Waals surface area contributed by atoms with Gasteiger partial charge in [-0.25, -0.2) is 0 Å². The summed E-state index contributed by atoms with van der Waals surface area (Å²) in [5.41, 5.74) is 2.73. The minimum Gasteiger partial charge on any atom is -0.382 e. The van der Waals surface area contributed by atoms with Crippen LogP contribution in [0.15, 0.2) is 18.2 Å². The highest BCUT2D eigenvalue weighted by Gasteiger charge is 2.25. The van der Waals surface area contributed by atoms with E-state index < -0.39 is 0 Å². The summed E-state index contributed by atoms with van der Waals surface area (Å²) in [5, 5.41) is 9.89. The summed E-state index contributed by atoms with van der Waals surface area (Å²) < 4.78 is 0. The van der Waals surface area contributed by atoms with Crippen molar-refractivity contribution in [2.75, 3.05) is 23.7 Å². The largest absolute Gasteiger partial charge is 0.382 e. The smallest absolute Gasteiger partial charge is 0.253 e. The van der Waals surface area contributed by atoms with E-state index in [0.717, 1.165) is 36.4 Å². The van der Waals surface area contributed by atoms with Gasteiger partial charge in [0.2, 0.25) is 0 Å². The molecule has 3 rings (SSSR count). The third-order valence-corrected chi connectivity index (χ3v) is 4.48. The highest BCUT2D eigenvalue weighted by molar-refractivity contribution is 6.02. The molecule has 3 N–H and O–H groups in total. The molecule has 2 aliphatic rings.